The number of rotatable bonds is 2. The monoisotopic (exact) mass is 372 g/mol. The molecule has 0 saturated carbocycles. The Hall–Kier alpha value is -3.48. The van der Waals surface area contributed by atoms with Crippen molar-refractivity contribution in [2.45, 2.75) is 12.8 Å². The summed E-state index contributed by atoms with van der Waals surface area (Å²) in [5, 5.41) is 15.6. The van der Waals surface area contributed by atoms with Crippen LogP contribution in [0.4, 0.5) is 0 Å². The van der Waals surface area contributed by atoms with E-state index in [2.05, 4.69) is 27.5 Å². The standard InChI is InChI=1S/C21H20N6O/c1-26-20(14-6-3-2-4-7-14)15-10-12-27(13-11-17(15)24-26)21(28)16-8-5-9-18-19(16)23-25-22-18/h2-9H,10-13H2,1H3,(H,22,23,25). The second kappa shape index (κ2) is 6.60. The zero-order valence-corrected chi connectivity index (χ0v) is 15.6. The molecule has 5 rings (SSSR count). The highest BCUT2D eigenvalue weighted by molar-refractivity contribution is 6.04. The highest BCUT2D eigenvalue weighted by atomic mass is 16.2. The van der Waals surface area contributed by atoms with Crippen LogP contribution >= 0.6 is 0 Å². The van der Waals surface area contributed by atoms with E-state index in [4.69, 9.17) is 5.10 Å². The van der Waals surface area contributed by atoms with Gasteiger partial charge in [0.15, 0.2) is 0 Å². The van der Waals surface area contributed by atoms with Gasteiger partial charge >= 0.3 is 0 Å². The number of nitrogens with one attached hydrogen (secondary N) is 1. The van der Waals surface area contributed by atoms with Gasteiger partial charge in [-0.15, -0.1) is 0 Å². The molecule has 0 spiro atoms. The molecule has 0 unspecified atom stereocenters. The molecule has 1 aliphatic rings. The van der Waals surface area contributed by atoms with Gasteiger partial charge < -0.3 is 4.90 Å². The Morgan fingerprint density at radius 3 is 2.68 bits per heavy atom. The van der Waals surface area contributed by atoms with Crippen LogP contribution in [-0.2, 0) is 19.9 Å². The van der Waals surface area contributed by atoms with E-state index in [0.29, 0.717) is 29.7 Å². The van der Waals surface area contributed by atoms with Crippen LogP contribution in [0.3, 0.4) is 0 Å². The Kier molecular flexibility index (Phi) is 3.93. The number of fused-ring (bicyclic) bond motifs is 2. The van der Waals surface area contributed by atoms with Gasteiger partial charge in [0.25, 0.3) is 5.91 Å². The Balaban J connectivity index is 1.45. The summed E-state index contributed by atoms with van der Waals surface area (Å²) in [6, 6.07) is 15.8. The molecule has 0 saturated heterocycles. The number of aryl methyl sites for hydroxylation is 1. The fourth-order valence-corrected chi connectivity index (χ4v) is 4.06. The molecule has 7 heteroatoms. The minimum absolute atomic E-state index is 0.00436. The normalized spacial score (nSPS) is 14.1. The molecule has 0 radical (unpaired) electrons. The van der Waals surface area contributed by atoms with E-state index in [-0.39, 0.29) is 5.91 Å². The number of nitrogens with zero attached hydrogens (tertiary/aromatic N) is 5. The van der Waals surface area contributed by atoms with Gasteiger partial charge in [-0.1, -0.05) is 36.4 Å². The smallest absolute Gasteiger partial charge is 0.256 e. The van der Waals surface area contributed by atoms with Crippen LogP contribution in [0.25, 0.3) is 22.3 Å². The van der Waals surface area contributed by atoms with Crippen LogP contribution in [0.5, 0.6) is 0 Å². The quantitative estimate of drug-likeness (QED) is 0.587. The summed E-state index contributed by atoms with van der Waals surface area (Å²) in [6.07, 6.45) is 1.53. The van der Waals surface area contributed by atoms with Gasteiger partial charge in [-0.25, -0.2) is 0 Å². The number of H-pyrrole nitrogens is 1. The lowest BCUT2D eigenvalue weighted by atomic mass is 10.0. The molecule has 0 atom stereocenters. The largest absolute Gasteiger partial charge is 0.338 e. The zero-order chi connectivity index (χ0) is 19.1. The summed E-state index contributed by atoms with van der Waals surface area (Å²) in [7, 11) is 1.99. The SMILES string of the molecule is Cn1nc2c(c1-c1ccccc1)CCN(C(=O)c1cccc3n[nH]nc13)CC2. The number of hydrogen-bond donors (Lipinski definition) is 1. The summed E-state index contributed by atoms with van der Waals surface area (Å²) in [5.74, 6) is -0.00436. The number of amides is 1. The number of benzene rings is 2. The van der Waals surface area contributed by atoms with Gasteiger partial charge in [0, 0.05) is 37.7 Å². The fraction of sp³-hybridized carbons (Fsp3) is 0.238. The van der Waals surface area contributed by atoms with Gasteiger partial charge in [0.05, 0.1) is 17.0 Å². The van der Waals surface area contributed by atoms with Crippen LogP contribution < -0.4 is 0 Å². The molecule has 0 fully saturated rings. The van der Waals surface area contributed by atoms with E-state index in [0.717, 1.165) is 29.8 Å². The topological polar surface area (TPSA) is 79.7 Å². The lowest BCUT2D eigenvalue weighted by molar-refractivity contribution is 0.0764. The average Bonchev–Trinajstić information content (AvgIpc) is 3.26. The zero-order valence-electron chi connectivity index (χ0n) is 15.6. The molecule has 0 bridgehead atoms. The van der Waals surface area contributed by atoms with E-state index < -0.39 is 0 Å². The Labute approximate surface area is 162 Å². The molecule has 7 nitrogen and oxygen atoms in total. The third kappa shape index (κ3) is 2.67. The van der Waals surface area contributed by atoms with Gasteiger partial charge in [-0.3, -0.25) is 9.48 Å². The Morgan fingerprint density at radius 1 is 1.00 bits per heavy atom. The third-order valence-electron chi connectivity index (χ3n) is 5.39. The highest BCUT2D eigenvalue weighted by Crippen LogP contribution is 2.29. The molecule has 2 aromatic carbocycles. The maximum atomic E-state index is 13.2. The Bertz CT molecular complexity index is 1160. The van der Waals surface area contributed by atoms with Gasteiger partial charge in [-0.2, -0.15) is 20.5 Å². The predicted molar refractivity (Wildman–Crippen MR) is 106 cm³/mol. The lowest BCUT2D eigenvalue weighted by Crippen LogP contribution is -2.33. The lowest BCUT2D eigenvalue weighted by Gasteiger charge is -2.20. The number of carbonyl (C=O) groups excluding carboxylic acids is 1. The van der Waals surface area contributed by atoms with E-state index in [9.17, 15) is 4.79 Å². The second-order valence-corrected chi connectivity index (χ2v) is 7.05. The van der Waals surface area contributed by atoms with Crippen LogP contribution in [0.2, 0.25) is 0 Å². The molecule has 1 amide bonds. The van der Waals surface area contributed by atoms with Crippen molar-refractivity contribution in [2.24, 2.45) is 7.05 Å². The number of hydrogen-bond acceptors (Lipinski definition) is 4. The molecule has 2 aromatic heterocycles. The first kappa shape index (κ1) is 16.7. The Morgan fingerprint density at radius 2 is 1.82 bits per heavy atom. The van der Waals surface area contributed by atoms with Crippen LogP contribution in [0.15, 0.2) is 48.5 Å². The van der Waals surface area contributed by atoms with Gasteiger partial charge in [0.2, 0.25) is 0 Å². The third-order valence-corrected chi connectivity index (χ3v) is 5.39. The number of carbonyl (C=O) groups is 1. The van der Waals surface area contributed by atoms with Crippen molar-refractivity contribution in [3.63, 3.8) is 0 Å². The molecule has 4 aromatic rings. The predicted octanol–water partition coefficient (Wildman–Crippen LogP) is 2.60. The number of para-hydroxylation sites is 1. The van der Waals surface area contributed by atoms with Crippen LogP contribution in [0.1, 0.15) is 21.6 Å². The highest BCUT2D eigenvalue weighted by Gasteiger charge is 2.26. The van der Waals surface area contributed by atoms with E-state index >= 15 is 0 Å². The van der Waals surface area contributed by atoms with Crippen LogP contribution in [-0.4, -0.2) is 49.1 Å². The molecule has 0 aliphatic carbocycles. The molecule has 3 heterocycles. The maximum Gasteiger partial charge on any atom is 0.256 e. The molecule has 140 valence electrons. The van der Waals surface area contributed by atoms with Crippen molar-refractivity contribution in [1.82, 2.24) is 30.1 Å². The molecule has 1 aliphatic heterocycles. The van der Waals surface area contributed by atoms with E-state index in [1.807, 2.05) is 53.0 Å². The second-order valence-electron chi connectivity index (χ2n) is 7.05. The summed E-state index contributed by atoms with van der Waals surface area (Å²) in [5.41, 5.74) is 6.54. The van der Waals surface area contributed by atoms with Crippen LogP contribution in [0, 0.1) is 0 Å². The summed E-state index contributed by atoms with van der Waals surface area (Å²) in [6.45, 7) is 1.30. The molecule has 1 N–H and O–H groups in total. The van der Waals surface area contributed by atoms with Crippen molar-refractivity contribution in [2.75, 3.05) is 13.1 Å². The first-order chi connectivity index (χ1) is 13.7. The van der Waals surface area contributed by atoms with Crippen molar-refractivity contribution < 1.29 is 4.79 Å². The number of aromatic nitrogens is 5. The molecular formula is C21H20N6O. The van der Waals surface area contributed by atoms with Crippen molar-refractivity contribution in [3.8, 4) is 11.3 Å². The fourth-order valence-electron chi connectivity index (χ4n) is 4.06. The minimum atomic E-state index is -0.00436. The molecule has 28 heavy (non-hydrogen) atoms. The summed E-state index contributed by atoms with van der Waals surface area (Å²) >= 11 is 0. The minimum Gasteiger partial charge on any atom is -0.338 e. The maximum absolute atomic E-state index is 13.2. The summed E-state index contributed by atoms with van der Waals surface area (Å²) < 4.78 is 1.97. The first-order valence-electron chi connectivity index (χ1n) is 9.41. The number of aromatic amines is 1. The molecular weight excluding hydrogens is 352 g/mol. The van der Waals surface area contributed by atoms with Gasteiger partial charge in [0.1, 0.15) is 11.0 Å². The average molecular weight is 372 g/mol. The van der Waals surface area contributed by atoms with Gasteiger partial charge in [-0.05, 0) is 18.6 Å². The first-order valence-corrected chi connectivity index (χ1v) is 9.41. The van der Waals surface area contributed by atoms with E-state index in [1.165, 1.54) is 5.56 Å². The summed E-state index contributed by atoms with van der Waals surface area (Å²) in [4.78, 5) is 15.1. The van der Waals surface area contributed by atoms with Crippen molar-refractivity contribution in [1.29, 1.82) is 0 Å². The van der Waals surface area contributed by atoms with E-state index in [1.54, 1.807) is 0 Å². The van der Waals surface area contributed by atoms with Crippen molar-refractivity contribution in [3.05, 3.63) is 65.4 Å². The van der Waals surface area contributed by atoms with Crippen molar-refractivity contribution >= 4 is 16.9 Å².